The third kappa shape index (κ3) is 2.81. The van der Waals surface area contributed by atoms with E-state index < -0.39 is 17.8 Å². The predicted octanol–water partition coefficient (Wildman–Crippen LogP) is 1.45. The van der Waals surface area contributed by atoms with Crippen molar-refractivity contribution in [2.75, 3.05) is 13.1 Å². The summed E-state index contributed by atoms with van der Waals surface area (Å²) >= 11 is 0. The summed E-state index contributed by atoms with van der Waals surface area (Å²) in [6.07, 6.45) is -4.77. The highest BCUT2D eigenvalue weighted by molar-refractivity contribution is 5.79. The highest BCUT2D eigenvalue weighted by Gasteiger charge is 2.31. The van der Waals surface area contributed by atoms with Gasteiger partial charge in [-0.05, 0) is 17.7 Å². The summed E-state index contributed by atoms with van der Waals surface area (Å²) in [6, 6.07) is 4.54. The van der Waals surface area contributed by atoms with Gasteiger partial charge in [0.05, 0.1) is 18.1 Å². The third-order valence-corrected chi connectivity index (χ3v) is 2.85. The first-order chi connectivity index (χ1) is 8.36. The molecule has 1 heterocycles. The van der Waals surface area contributed by atoms with Crippen molar-refractivity contribution in [1.29, 1.82) is 0 Å². The van der Waals surface area contributed by atoms with Crippen molar-refractivity contribution in [3.05, 3.63) is 35.4 Å². The number of aliphatic hydroxyl groups excluding tert-OH is 1. The first-order valence-corrected chi connectivity index (χ1v) is 5.48. The Bertz CT molecular complexity index is 436. The number of β-amino-alcohol motifs (C(OH)–C–C–N with tert-alkyl or cyclic N) is 1. The van der Waals surface area contributed by atoms with Crippen LogP contribution in [0.25, 0.3) is 0 Å². The van der Waals surface area contributed by atoms with Crippen LogP contribution in [0.3, 0.4) is 0 Å². The normalized spacial score (nSPS) is 16.6. The Balaban J connectivity index is 1.96. The number of amides is 1. The highest BCUT2D eigenvalue weighted by atomic mass is 19.4. The summed E-state index contributed by atoms with van der Waals surface area (Å²) in [5.41, 5.74) is -0.188. The van der Waals surface area contributed by atoms with Crippen molar-refractivity contribution >= 4 is 5.91 Å². The molecule has 0 aromatic heterocycles. The lowest BCUT2D eigenvalue weighted by molar-refractivity contribution is -0.140. The molecule has 1 aromatic rings. The number of benzene rings is 1. The highest BCUT2D eigenvalue weighted by Crippen LogP contribution is 2.29. The van der Waals surface area contributed by atoms with Gasteiger partial charge in [-0.15, -0.1) is 0 Å². The van der Waals surface area contributed by atoms with Crippen molar-refractivity contribution in [2.24, 2.45) is 0 Å². The Hall–Kier alpha value is -1.56. The molecule has 0 atom stereocenters. The number of hydrogen-bond donors (Lipinski definition) is 1. The zero-order chi connectivity index (χ0) is 13.3. The number of likely N-dealkylation sites (tertiary alicyclic amines) is 1. The molecule has 0 bridgehead atoms. The number of halogens is 3. The molecule has 3 nitrogen and oxygen atoms in total. The molecule has 18 heavy (non-hydrogen) atoms. The molecule has 98 valence electrons. The number of hydrogen-bond acceptors (Lipinski definition) is 2. The van der Waals surface area contributed by atoms with E-state index in [9.17, 15) is 18.0 Å². The minimum atomic E-state index is -4.36. The summed E-state index contributed by atoms with van der Waals surface area (Å²) < 4.78 is 36.9. The number of carbonyl (C=O) groups excluding carboxylic acids is 1. The minimum absolute atomic E-state index is 0.0604. The molecule has 1 aliphatic heterocycles. The van der Waals surface area contributed by atoms with E-state index in [2.05, 4.69) is 0 Å². The number of rotatable bonds is 2. The molecule has 1 N–H and O–H groups in total. The lowest BCUT2D eigenvalue weighted by atomic mass is 10.1. The van der Waals surface area contributed by atoms with Gasteiger partial charge < -0.3 is 10.0 Å². The Morgan fingerprint density at radius 1 is 1.28 bits per heavy atom. The van der Waals surface area contributed by atoms with Gasteiger partial charge in [0.1, 0.15) is 0 Å². The van der Waals surface area contributed by atoms with Crippen LogP contribution in [0, 0.1) is 0 Å². The lowest BCUT2D eigenvalue weighted by Crippen LogP contribution is -2.53. The number of nitrogens with zero attached hydrogens (tertiary/aromatic N) is 1. The van der Waals surface area contributed by atoms with Crippen molar-refractivity contribution in [3.63, 3.8) is 0 Å². The van der Waals surface area contributed by atoms with Crippen LogP contribution in [0.4, 0.5) is 13.2 Å². The van der Waals surface area contributed by atoms with Gasteiger partial charge >= 0.3 is 6.18 Å². The molecule has 0 radical (unpaired) electrons. The SMILES string of the molecule is O=C(Cc1ccc(C(F)(F)F)cc1)N1CC(O)C1. The standard InChI is InChI=1S/C12H12F3NO2/c13-12(14,15)9-3-1-8(2-4-9)5-11(18)16-6-10(17)7-16/h1-4,10,17H,5-7H2. The van der Waals surface area contributed by atoms with Gasteiger partial charge in [-0.25, -0.2) is 0 Å². The summed E-state index contributed by atoms with van der Waals surface area (Å²) in [7, 11) is 0. The van der Waals surface area contributed by atoms with Crippen LogP contribution in [-0.2, 0) is 17.4 Å². The monoisotopic (exact) mass is 259 g/mol. The molecule has 1 saturated heterocycles. The molecule has 1 amide bonds. The van der Waals surface area contributed by atoms with Gasteiger partial charge in [0.2, 0.25) is 5.91 Å². The van der Waals surface area contributed by atoms with Gasteiger partial charge in [-0.2, -0.15) is 13.2 Å². The second-order valence-electron chi connectivity index (χ2n) is 4.32. The molecule has 1 aliphatic rings. The molecule has 0 spiro atoms. The topological polar surface area (TPSA) is 40.5 Å². The van der Waals surface area contributed by atoms with E-state index in [1.807, 2.05) is 0 Å². The quantitative estimate of drug-likeness (QED) is 0.873. The second-order valence-corrected chi connectivity index (χ2v) is 4.32. The number of aliphatic hydroxyl groups is 1. The molecular weight excluding hydrogens is 247 g/mol. The van der Waals surface area contributed by atoms with Gasteiger partial charge in [0, 0.05) is 13.1 Å². The Labute approximate surface area is 102 Å². The predicted molar refractivity (Wildman–Crippen MR) is 57.7 cm³/mol. The zero-order valence-electron chi connectivity index (χ0n) is 9.44. The van der Waals surface area contributed by atoms with E-state index in [0.717, 1.165) is 12.1 Å². The molecule has 0 aliphatic carbocycles. The van der Waals surface area contributed by atoms with E-state index in [4.69, 9.17) is 5.11 Å². The van der Waals surface area contributed by atoms with Crippen LogP contribution in [0.5, 0.6) is 0 Å². The van der Waals surface area contributed by atoms with Crippen molar-refractivity contribution in [2.45, 2.75) is 18.7 Å². The van der Waals surface area contributed by atoms with Crippen molar-refractivity contribution in [3.8, 4) is 0 Å². The fraction of sp³-hybridized carbons (Fsp3) is 0.417. The van der Waals surface area contributed by atoms with Crippen molar-refractivity contribution in [1.82, 2.24) is 4.90 Å². The maximum atomic E-state index is 12.3. The van der Waals surface area contributed by atoms with E-state index in [-0.39, 0.29) is 12.3 Å². The molecule has 6 heteroatoms. The Morgan fingerprint density at radius 3 is 2.28 bits per heavy atom. The molecule has 1 aromatic carbocycles. The summed E-state index contributed by atoms with van der Waals surface area (Å²) in [6.45, 7) is 0.610. The summed E-state index contributed by atoms with van der Waals surface area (Å²) in [5.74, 6) is -0.181. The van der Waals surface area contributed by atoms with E-state index in [1.54, 1.807) is 0 Å². The van der Waals surface area contributed by atoms with Crippen molar-refractivity contribution < 1.29 is 23.1 Å². The Kier molecular flexibility index (Phi) is 3.30. The molecule has 0 unspecified atom stereocenters. The first-order valence-electron chi connectivity index (χ1n) is 5.48. The maximum absolute atomic E-state index is 12.3. The lowest BCUT2D eigenvalue weighted by Gasteiger charge is -2.35. The van der Waals surface area contributed by atoms with Gasteiger partial charge in [-0.1, -0.05) is 12.1 Å². The molecular formula is C12H12F3NO2. The number of carbonyl (C=O) groups is 1. The van der Waals surface area contributed by atoms with Gasteiger partial charge in [-0.3, -0.25) is 4.79 Å². The fourth-order valence-electron chi connectivity index (χ4n) is 1.76. The fourth-order valence-corrected chi connectivity index (χ4v) is 1.76. The maximum Gasteiger partial charge on any atom is 0.416 e. The van der Waals surface area contributed by atoms with E-state index >= 15 is 0 Å². The van der Waals surface area contributed by atoms with Crippen LogP contribution in [-0.4, -0.2) is 35.1 Å². The molecule has 0 saturated carbocycles. The third-order valence-electron chi connectivity index (χ3n) is 2.85. The van der Waals surface area contributed by atoms with Gasteiger partial charge in [0.15, 0.2) is 0 Å². The van der Waals surface area contributed by atoms with Gasteiger partial charge in [0.25, 0.3) is 0 Å². The summed E-state index contributed by atoms with van der Waals surface area (Å²) in [5, 5.41) is 9.04. The molecule has 1 fully saturated rings. The molecule has 2 rings (SSSR count). The second kappa shape index (κ2) is 4.61. The summed E-state index contributed by atoms with van der Waals surface area (Å²) in [4.78, 5) is 13.1. The van der Waals surface area contributed by atoms with Crippen LogP contribution in [0.1, 0.15) is 11.1 Å². The average Bonchev–Trinajstić information content (AvgIpc) is 2.24. The van der Waals surface area contributed by atoms with E-state index in [0.29, 0.717) is 18.7 Å². The van der Waals surface area contributed by atoms with E-state index in [1.165, 1.54) is 17.0 Å². The number of alkyl halides is 3. The zero-order valence-corrected chi connectivity index (χ0v) is 9.44. The van der Waals surface area contributed by atoms with Crippen LogP contribution in [0.15, 0.2) is 24.3 Å². The Morgan fingerprint density at radius 2 is 1.83 bits per heavy atom. The van der Waals surface area contributed by atoms with Crippen LogP contribution < -0.4 is 0 Å². The smallest absolute Gasteiger partial charge is 0.389 e. The van der Waals surface area contributed by atoms with Crippen LogP contribution in [0.2, 0.25) is 0 Å². The minimum Gasteiger partial charge on any atom is -0.389 e. The first kappa shape index (κ1) is 12.9. The van der Waals surface area contributed by atoms with Crippen LogP contribution >= 0.6 is 0 Å². The average molecular weight is 259 g/mol. The largest absolute Gasteiger partial charge is 0.416 e.